The summed E-state index contributed by atoms with van der Waals surface area (Å²) in [7, 11) is 0. The maximum Gasteiger partial charge on any atom is 0.129 e. The van der Waals surface area contributed by atoms with Crippen LogP contribution in [0, 0.1) is 6.92 Å². The van der Waals surface area contributed by atoms with E-state index in [1.807, 2.05) is 0 Å². The van der Waals surface area contributed by atoms with Gasteiger partial charge in [-0.25, -0.2) is 0 Å². The van der Waals surface area contributed by atoms with Gasteiger partial charge in [0.1, 0.15) is 11.4 Å². The molecule has 0 N–H and O–H groups in total. The lowest BCUT2D eigenvalue weighted by Gasteiger charge is -2.31. The van der Waals surface area contributed by atoms with E-state index in [0.717, 1.165) is 15.8 Å². The van der Waals surface area contributed by atoms with Crippen molar-refractivity contribution in [3.8, 4) is 16.9 Å². The Kier molecular flexibility index (Phi) is 4.56. The Morgan fingerprint density at radius 3 is 2.10 bits per heavy atom. The van der Waals surface area contributed by atoms with E-state index in [0.29, 0.717) is 0 Å². The highest BCUT2D eigenvalue weighted by Gasteiger charge is 2.27. The van der Waals surface area contributed by atoms with Gasteiger partial charge in [-0.1, -0.05) is 70.0 Å². The molecule has 0 saturated heterocycles. The second-order valence-electron chi connectivity index (χ2n) is 8.55. The molecule has 4 aromatic carbocycles. The van der Waals surface area contributed by atoms with Crippen molar-refractivity contribution in [2.24, 2.45) is 0 Å². The molecular formula is C28H23BrO. The second kappa shape index (κ2) is 7.14. The van der Waals surface area contributed by atoms with Crippen molar-refractivity contribution < 1.29 is 4.74 Å². The molecule has 0 bridgehead atoms. The Bertz CT molecular complexity index is 1280. The molecule has 0 aliphatic carbocycles. The van der Waals surface area contributed by atoms with Crippen LogP contribution in [0.15, 0.2) is 89.4 Å². The molecule has 0 atom stereocenters. The van der Waals surface area contributed by atoms with Gasteiger partial charge in [-0.2, -0.15) is 0 Å². The molecule has 5 rings (SSSR count). The number of halogens is 1. The first-order valence-corrected chi connectivity index (χ1v) is 11.0. The number of rotatable bonds is 2. The van der Waals surface area contributed by atoms with Crippen LogP contribution >= 0.6 is 15.9 Å². The number of fused-ring (bicyclic) bond motifs is 2. The highest BCUT2D eigenvalue weighted by Crippen LogP contribution is 2.42. The fourth-order valence-corrected chi connectivity index (χ4v) is 4.37. The monoisotopic (exact) mass is 454 g/mol. The molecule has 0 fully saturated rings. The third kappa shape index (κ3) is 3.57. The largest absolute Gasteiger partial charge is 0.483 e. The van der Waals surface area contributed by atoms with Crippen molar-refractivity contribution in [2.75, 3.05) is 0 Å². The zero-order valence-corrected chi connectivity index (χ0v) is 19.0. The summed E-state index contributed by atoms with van der Waals surface area (Å²) in [5.41, 5.74) is 6.96. The Morgan fingerprint density at radius 1 is 0.700 bits per heavy atom. The van der Waals surface area contributed by atoms with Crippen LogP contribution < -0.4 is 4.74 Å². The Labute approximate surface area is 186 Å². The van der Waals surface area contributed by atoms with E-state index >= 15 is 0 Å². The van der Waals surface area contributed by atoms with Crippen molar-refractivity contribution >= 4 is 32.3 Å². The van der Waals surface area contributed by atoms with Crippen LogP contribution in [0.5, 0.6) is 5.75 Å². The molecule has 0 aromatic heterocycles. The van der Waals surface area contributed by atoms with Crippen LogP contribution in [0.1, 0.15) is 30.5 Å². The summed E-state index contributed by atoms with van der Waals surface area (Å²) in [6.45, 7) is 6.35. The minimum absolute atomic E-state index is 0.349. The number of aryl methyl sites for hydroxylation is 1. The summed E-state index contributed by atoms with van der Waals surface area (Å²) >= 11 is 3.52. The zero-order chi connectivity index (χ0) is 20.9. The maximum atomic E-state index is 6.35. The highest BCUT2D eigenvalue weighted by atomic mass is 79.9. The van der Waals surface area contributed by atoms with Crippen LogP contribution in [0.3, 0.4) is 0 Å². The van der Waals surface area contributed by atoms with Gasteiger partial charge in [0, 0.05) is 10.0 Å². The first-order chi connectivity index (χ1) is 14.4. The molecule has 30 heavy (non-hydrogen) atoms. The summed E-state index contributed by atoms with van der Waals surface area (Å²) in [4.78, 5) is 0. The van der Waals surface area contributed by atoms with E-state index in [2.05, 4.69) is 122 Å². The maximum absolute atomic E-state index is 6.35. The fraction of sp³-hybridized carbons (Fsp3) is 0.143. The molecule has 1 nitrogen and oxygen atoms in total. The number of hydrogen-bond donors (Lipinski definition) is 0. The quantitative estimate of drug-likeness (QED) is 0.296. The van der Waals surface area contributed by atoms with E-state index in [1.54, 1.807) is 0 Å². The molecule has 1 aliphatic rings. The van der Waals surface area contributed by atoms with E-state index < -0.39 is 0 Å². The normalized spacial score (nSPS) is 14.7. The summed E-state index contributed by atoms with van der Waals surface area (Å²) < 4.78 is 7.44. The van der Waals surface area contributed by atoms with E-state index in [-0.39, 0.29) is 5.60 Å². The summed E-state index contributed by atoms with van der Waals surface area (Å²) in [6.07, 6.45) is 2.24. The van der Waals surface area contributed by atoms with Crippen molar-refractivity contribution in [3.63, 3.8) is 0 Å². The molecule has 0 spiro atoms. The summed E-state index contributed by atoms with van der Waals surface area (Å²) in [6, 6.07) is 28.3. The van der Waals surface area contributed by atoms with Crippen molar-refractivity contribution in [3.05, 3.63) is 106 Å². The van der Waals surface area contributed by atoms with Crippen LogP contribution in [-0.2, 0) is 0 Å². The van der Waals surface area contributed by atoms with E-state index in [4.69, 9.17) is 4.74 Å². The molecule has 2 heteroatoms. The van der Waals surface area contributed by atoms with Gasteiger partial charge in [0.25, 0.3) is 0 Å². The summed E-state index contributed by atoms with van der Waals surface area (Å²) in [5.74, 6) is 0.946. The fourth-order valence-electron chi connectivity index (χ4n) is 4.10. The lowest BCUT2D eigenvalue weighted by molar-refractivity contribution is 0.158. The second-order valence-corrected chi connectivity index (χ2v) is 9.46. The van der Waals surface area contributed by atoms with Gasteiger partial charge < -0.3 is 4.74 Å². The average molecular weight is 455 g/mol. The van der Waals surface area contributed by atoms with E-state index in [9.17, 15) is 0 Å². The predicted molar refractivity (Wildman–Crippen MR) is 130 cm³/mol. The van der Waals surface area contributed by atoms with Gasteiger partial charge in [-0.3, -0.25) is 0 Å². The number of hydrogen-bond acceptors (Lipinski definition) is 1. The van der Waals surface area contributed by atoms with Crippen molar-refractivity contribution in [1.82, 2.24) is 0 Å². The smallest absolute Gasteiger partial charge is 0.129 e. The SMILES string of the molecule is Cc1ccc(C2=CC(C)(C)Oc3cc4ccc(-c5ccc(Br)cc5)cc4cc32)cc1. The average Bonchev–Trinajstić information content (AvgIpc) is 2.72. The Balaban J connectivity index is 1.67. The van der Waals surface area contributed by atoms with Gasteiger partial charge in [-0.05, 0) is 90.2 Å². The molecule has 0 unspecified atom stereocenters. The zero-order valence-electron chi connectivity index (χ0n) is 17.4. The van der Waals surface area contributed by atoms with Gasteiger partial charge in [-0.15, -0.1) is 0 Å². The Hall–Kier alpha value is -2.84. The van der Waals surface area contributed by atoms with Crippen LogP contribution in [0.4, 0.5) is 0 Å². The molecule has 0 radical (unpaired) electrons. The van der Waals surface area contributed by atoms with Crippen LogP contribution in [0.2, 0.25) is 0 Å². The van der Waals surface area contributed by atoms with E-state index in [1.165, 1.54) is 38.6 Å². The van der Waals surface area contributed by atoms with Crippen molar-refractivity contribution in [1.29, 1.82) is 0 Å². The van der Waals surface area contributed by atoms with Crippen LogP contribution in [-0.4, -0.2) is 5.60 Å². The third-order valence-electron chi connectivity index (χ3n) is 5.63. The summed E-state index contributed by atoms with van der Waals surface area (Å²) in [5, 5.41) is 2.41. The van der Waals surface area contributed by atoms with Crippen LogP contribution in [0.25, 0.3) is 27.5 Å². The van der Waals surface area contributed by atoms with Crippen molar-refractivity contribution in [2.45, 2.75) is 26.4 Å². The molecular weight excluding hydrogens is 432 g/mol. The first kappa shape index (κ1) is 19.1. The molecule has 148 valence electrons. The number of benzene rings is 4. The predicted octanol–water partition coefficient (Wildman–Crippen LogP) is 8.18. The van der Waals surface area contributed by atoms with Gasteiger partial charge in [0.05, 0.1) is 0 Å². The number of ether oxygens (including phenoxy) is 1. The van der Waals surface area contributed by atoms with Gasteiger partial charge in [0.15, 0.2) is 0 Å². The molecule has 1 aliphatic heterocycles. The first-order valence-electron chi connectivity index (χ1n) is 10.2. The Morgan fingerprint density at radius 2 is 1.37 bits per heavy atom. The van der Waals surface area contributed by atoms with Gasteiger partial charge in [0.2, 0.25) is 0 Å². The minimum Gasteiger partial charge on any atom is -0.483 e. The lowest BCUT2D eigenvalue weighted by Crippen LogP contribution is -2.29. The highest BCUT2D eigenvalue weighted by molar-refractivity contribution is 9.10. The standard InChI is InChI=1S/C28H23BrO/c1-18-4-6-20(7-5-18)26-17-28(2,3)30-27-16-22-9-8-21(14-23(22)15-25(26)27)19-10-12-24(29)13-11-19/h4-17H,1-3H3. The lowest BCUT2D eigenvalue weighted by atomic mass is 9.88. The minimum atomic E-state index is -0.349. The molecule has 4 aromatic rings. The third-order valence-corrected chi connectivity index (χ3v) is 6.16. The molecule has 0 saturated carbocycles. The molecule has 0 amide bonds. The molecule has 1 heterocycles. The topological polar surface area (TPSA) is 9.23 Å². The van der Waals surface area contributed by atoms with Gasteiger partial charge >= 0.3 is 0 Å².